The molecule has 8 rings (SSSR count). The van der Waals surface area contributed by atoms with Crippen molar-refractivity contribution >= 4 is 11.6 Å². The van der Waals surface area contributed by atoms with Crippen molar-refractivity contribution in [3.63, 3.8) is 0 Å². The van der Waals surface area contributed by atoms with Gasteiger partial charge in [-0.05, 0) is 65.9 Å². The van der Waals surface area contributed by atoms with Crippen LogP contribution in [0.15, 0.2) is 146 Å². The van der Waals surface area contributed by atoms with Gasteiger partial charge in [-0.25, -0.2) is 9.97 Å². The van der Waals surface area contributed by atoms with Crippen LogP contribution in [-0.2, 0) is 18.3 Å². The smallest absolute Gasteiger partial charge is 0.416 e. The van der Waals surface area contributed by atoms with Crippen molar-refractivity contribution in [3.05, 3.63) is 180 Å². The number of benzene rings is 4. The minimum atomic E-state index is -4.35. The Morgan fingerprint density at radius 2 is 1.26 bits per heavy atom. The average Bonchev–Trinajstić information content (AvgIpc) is 3.71. The third-order valence-electron chi connectivity index (χ3n) is 11.2. The zero-order valence-corrected chi connectivity index (χ0v) is 31.6. The first-order valence-electron chi connectivity index (χ1n) is 19.5. The van der Waals surface area contributed by atoms with Gasteiger partial charge in [0.1, 0.15) is 28.9 Å². The molecule has 2 saturated heterocycles. The molecular formula is C46H45F3N6O2. The number of anilines is 1. The molecule has 2 fully saturated rings. The molecule has 0 atom stereocenters. The lowest BCUT2D eigenvalue weighted by molar-refractivity contribution is -0.137. The van der Waals surface area contributed by atoms with E-state index in [4.69, 9.17) is 9.72 Å². The van der Waals surface area contributed by atoms with Crippen molar-refractivity contribution < 1.29 is 22.7 Å². The monoisotopic (exact) mass is 770 g/mol. The fraction of sp³-hybridized carbons (Fsp3) is 0.283. The maximum atomic E-state index is 13.2. The number of carbonyl (C=O) groups excluding carboxylic acids is 1. The summed E-state index contributed by atoms with van der Waals surface area (Å²) in [7, 11) is 0. The summed E-state index contributed by atoms with van der Waals surface area (Å²) >= 11 is 0. The summed E-state index contributed by atoms with van der Waals surface area (Å²) in [4.78, 5) is 27.1. The fourth-order valence-corrected chi connectivity index (χ4v) is 8.28. The predicted octanol–water partition coefficient (Wildman–Crippen LogP) is 8.58. The number of nitrogens with zero attached hydrogens (tertiary/aromatic N) is 5. The molecule has 8 nitrogen and oxygen atoms in total. The van der Waals surface area contributed by atoms with Gasteiger partial charge in [-0.3, -0.25) is 9.69 Å². The van der Waals surface area contributed by atoms with E-state index >= 15 is 0 Å². The van der Waals surface area contributed by atoms with Crippen LogP contribution in [0.1, 0.15) is 64.2 Å². The predicted molar refractivity (Wildman–Crippen MR) is 214 cm³/mol. The number of hydrogen-bond acceptors (Lipinski definition) is 6. The van der Waals surface area contributed by atoms with E-state index in [-0.39, 0.29) is 18.1 Å². The van der Waals surface area contributed by atoms with Crippen LogP contribution < -0.4 is 15.0 Å². The number of nitrogens with one attached hydrogen (secondary N) is 1. The van der Waals surface area contributed by atoms with Crippen molar-refractivity contribution in [2.45, 2.75) is 56.1 Å². The van der Waals surface area contributed by atoms with Crippen molar-refractivity contribution in [2.75, 3.05) is 31.1 Å². The second-order valence-corrected chi connectivity index (χ2v) is 14.8. The number of ether oxygens (including phenoxy) is 1. The van der Waals surface area contributed by atoms with Gasteiger partial charge < -0.3 is 19.5 Å². The number of aromatic nitrogens is 3. The molecule has 0 bridgehead atoms. The van der Waals surface area contributed by atoms with E-state index in [1.165, 1.54) is 12.1 Å². The second kappa shape index (κ2) is 16.7. The first-order valence-corrected chi connectivity index (χ1v) is 19.5. The lowest BCUT2D eigenvalue weighted by Crippen LogP contribution is -2.45. The average molecular weight is 771 g/mol. The maximum absolute atomic E-state index is 13.2. The number of halogens is 3. The van der Waals surface area contributed by atoms with Gasteiger partial charge in [-0.1, -0.05) is 91.0 Å². The highest BCUT2D eigenvalue weighted by Gasteiger charge is 2.40. The van der Waals surface area contributed by atoms with E-state index in [1.807, 2.05) is 24.4 Å². The van der Waals surface area contributed by atoms with Crippen LogP contribution in [0.4, 0.5) is 18.9 Å². The molecule has 0 saturated carbocycles. The minimum Gasteiger partial charge on any atom is -0.489 e. The lowest BCUT2D eigenvalue weighted by Gasteiger charge is -2.39. The molecule has 2 aliphatic heterocycles. The molecule has 1 amide bonds. The van der Waals surface area contributed by atoms with E-state index in [0.29, 0.717) is 31.1 Å². The van der Waals surface area contributed by atoms with Gasteiger partial charge in [-0.2, -0.15) is 13.2 Å². The van der Waals surface area contributed by atoms with Gasteiger partial charge >= 0.3 is 6.18 Å². The van der Waals surface area contributed by atoms with E-state index < -0.39 is 17.3 Å². The molecule has 4 heterocycles. The summed E-state index contributed by atoms with van der Waals surface area (Å²) < 4.78 is 47.4. The molecule has 57 heavy (non-hydrogen) atoms. The molecule has 0 spiro atoms. The summed E-state index contributed by atoms with van der Waals surface area (Å²) in [5.74, 6) is 1.34. The van der Waals surface area contributed by atoms with Crippen molar-refractivity contribution in [2.24, 2.45) is 0 Å². The number of carbonyl (C=O) groups is 1. The van der Waals surface area contributed by atoms with Gasteiger partial charge in [0.2, 0.25) is 0 Å². The summed E-state index contributed by atoms with van der Waals surface area (Å²) in [5.41, 5.74) is 3.27. The molecule has 11 heteroatoms. The standard InChI is InChI=1S/C46H45F3N6O2/c47-46(48,49)37-16-18-39(19-17-37)54-29-24-40(25-30-54)57-41-20-21-42(51-32-41)44(56)52-38-22-27-53(28-23-38)33-43-50-26-31-55(43)45(34-10-4-1-5-11-34,35-12-6-2-7-13-35)36-14-8-3-9-15-36/h1-21,26,31-32,38,40H,22-25,27-30,33H2,(H,52,56). The Kier molecular flexibility index (Phi) is 11.1. The molecule has 4 aromatic carbocycles. The highest BCUT2D eigenvalue weighted by Crippen LogP contribution is 2.42. The quantitative estimate of drug-likeness (QED) is 0.133. The van der Waals surface area contributed by atoms with Gasteiger partial charge in [0.15, 0.2) is 0 Å². The Morgan fingerprint density at radius 3 is 1.79 bits per heavy atom. The Labute approximate surface area is 331 Å². The number of rotatable bonds is 11. The Bertz CT molecular complexity index is 2100. The van der Waals surface area contributed by atoms with E-state index in [0.717, 1.165) is 79.1 Å². The number of imidazole rings is 1. The largest absolute Gasteiger partial charge is 0.489 e. The molecule has 2 aromatic heterocycles. The first-order chi connectivity index (χ1) is 27.8. The van der Waals surface area contributed by atoms with Crippen LogP contribution in [0.25, 0.3) is 0 Å². The third kappa shape index (κ3) is 8.30. The lowest BCUT2D eigenvalue weighted by atomic mass is 9.76. The van der Waals surface area contributed by atoms with Crippen molar-refractivity contribution in [3.8, 4) is 5.75 Å². The fourth-order valence-electron chi connectivity index (χ4n) is 8.28. The number of amides is 1. The summed E-state index contributed by atoms with van der Waals surface area (Å²) in [6.45, 7) is 3.62. The van der Waals surface area contributed by atoms with Crippen LogP contribution in [0, 0.1) is 0 Å². The molecule has 2 aliphatic rings. The number of pyridine rings is 1. The highest BCUT2D eigenvalue weighted by molar-refractivity contribution is 5.92. The second-order valence-electron chi connectivity index (χ2n) is 14.8. The number of piperidine rings is 2. The molecule has 6 aromatic rings. The molecule has 0 radical (unpaired) electrons. The molecule has 0 unspecified atom stereocenters. The molecule has 292 valence electrons. The first kappa shape index (κ1) is 38.0. The number of likely N-dealkylation sites (tertiary alicyclic amines) is 1. The van der Waals surface area contributed by atoms with Gasteiger partial charge in [0.05, 0.1) is 18.3 Å². The zero-order chi connectivity index (χ0) is 39.2. The van der Waals surface area contributed by atoms with Crippen LogP contribution in [0.5, 0.6) is 5.75 Å². The minimum absolute atomic E-state index is 0.0260. The van der Waals surface area contributed by atoms with Crippen molar-refractivity contribution in [1.82, 2.24) is 24.8 Å². The Balaban J connectivity index is 0.863. The number of hydrogen-bond donors (Lipinski definition) is 1. The van der Waals surface area contributed by atoms with Crippen molar-refractivity contribution in [1.29, 1.82) is 0 Å². The topological polar surface area (TPSA) is 75.5 Å². The molecular weight excluding hydrogens is 726 g/mol. The zero-order valence-electron chi connectivity index (χ0n) is 31.6. The van der Waals surface area contributed by atoms with Crippen LogP contribution in [0.2, 0.25) is 0 Å². The summed E-state index contributed by atoms with van der Waals surface area (Å²) in [6, 6.07) is 40.6. The number of alkyl halides is 3. The SMILES string of the molecule is O=C(NC1CCN(Cc2nccn2C(c2ccccc2)(c2ccccc2)c2ccccc2)CC1)c1ccc(OC2CCN(c3ccc(C(F)(F)F)cc3)CC2)cn1. The summed E-state index contributed by atoms with van der Waals surface area (Å²) in [5, 5.41) is 3.19. The van der Waals surface area contributed by atoms with Crippen LogP contribution in [0.3, 0.4) is 0 Å². The van der Waals surface area contributed by atoms with Crippen LogP contribution in [-0.4, -0.2) is 63.7 Å². The van der Waals surface area contributed by atoms with E-state index in [1.54, 1.807) is 18.3 Å². The van der Waals surface area contributed by atoms with E-state index in [9.17, 15) is 18.0 Å². The van der Waals surface area contributed by atoms with Gasteiger partial charge in [-0.15, -0.1) is 0 Å². The van der Waals surface area contributed by atoms with Gasteiger partial charge in [0, 0.05) is 63.1 Å². The van der Waals surface area contributed by atoms with Gasteiger partial charge in [0.25, 0.3) is 5.91 Å². The van der Waals surface area contributed by atoms with E-state index in [2.05, 4.69) is 104 Å². The molecule has 0 aliphatic carbocycles. The Hall–Kier alpha value is -5.94. The maximum Gasteiger partial charge on any atom is 0.416 e. The highest BCUT2D eigenvalue weighted by atomic mass is 19.4. The normalized spacial score (nSPS) is 16.0. The third-order valence-corrected chi connectivity index (χ3v) is 11.2. The van der Waals surface area contributed by atoms with Crippen LogP contribution >= 0.6 is 0 Å². The Morgan fingerprint density at radius 1 is 0.684 bits per heavy atom. The summed E-state index contributed by atoms with van der Waals surface area (Å²) in [6.07, 6.45) is 4.22. The molecule has 1 N–H and O–H groups in total.